The number of aromatic nitrogens is 1. The average molecular weight is 440 g/mol. The molecule has 4 nitrogen and oxygen atoms in total. The third-order valence-corrected chi connectivity index (χ3v) is 4.92. The molecular weight excluding hydrogens is 422 g/mol. The van der Waals surface area contributed by atoms with Gasteiger partial charge in [-0.05, 0) is 39.0 Å². The molecule has 158 valence electrons. The van der Waals surface area contributed by atoms with Crippen molar-refractivity contribution in [3.05, 3.63) is 86.3 Å². The van der Waals surface area contributed by atoms with Gasteiger partial charge in [-0.2, -0.15) is 13.2 Å². The van der Waals surface area contributed by atoms with Crippen LogP contribution in [0.4, 0.5) is 23.2 Å². The number of benzene rings is 1. The van der Waals surface area contributed by atoms with Gasteiger partial charge in [-0.1, -0.05) is 23.8 Å². The van der Waals surface area contributed by atoms with E-state index in [1.54, 1.807) is 18.0 Å². The Balaban J connectivity index is 2.46. The number of nitrogens with one attached hydrogen (secondary N) is 1. The van der Waals surface area contributed by atoms with Crippen LogP contribution in [0.2, 0.25) is 5.02 Å². The van der Waals surface area contributed by atoms with E-state index in [1.165, 1.54) is 6.07 Å². The predicted molar refractivity (Wildman–Crippen MR) is 110 cm³/mol. The number of anilines is 1. The van der Waals surface area contributed by atoms with Gasteiger partial charge in [0.2, 0.25) is 5.56 Å². The molecule has 0 saturated heterocycles. The van der Waals surface area contributed by atoms with Gasteiger partial charge in [0.1, 0.15) is 11.5 Å². The van der Waals surface area contributed by atoms with E-state index in [2.05, 4.69) is 16.6 Å². The molecule has 0 fully saturated rings. The maximum absolute atomic E-state index is 14.6. The Bertz CT molecular complexity index is 1140. The van der Waals surface area contributed by atoms with Crippen molar-refractivity contribution in [3.8, 4) is 0 Å². The minimum absolute atomic E-state index is 0.143. The second-order valence-electron chi connectivity index (χ2n) is 7.09. The van der Waals surface area contributed by atoms with Crippen molar-refractivity contribution in [2.45, 2.75) is 33.0 Å². The van der Waals surface area contributed by atoms with E-state index in [0.29, 0.717) is 5.70 Å². The zero-order valence-electron chi connectivity index (χ0n) is 16.4. The van der Waals surface area contributed by atoms with Crippen LogP contribution in [0.3, 0.4) is 0 Å². The van der Waals surface area contributed by atoms with E-state index < -0.39 is 34.2 Å². The number of aliphatic imine (C=N–C) groups is 1. The summed E-state index contributed by atoms with van der Waals surface area (Å²) in [5, 5.41) is -0.642. The minimum atomic E-state index is -4.74. The highest BCUT2D eigenvalue weighted by atomic mass is 35.5. The summed E-state index contributed by atoms with van der Waals surface area (Å²) in [6, 6.07) is 3.36. The van der Waals surface area contributed by atoms with Gasteiger partial charge in [0.15, 0.2) is 0 Å². The van der Waals surface area contributed by atoms with E-state index in [-0.39, 0.29) is 22.7 Å². The summed E-state index contributed by atoms with van der Waals surface area (Å²) in [4.78, 5) is 20.1. The van der Waals surface area contributed by atoms with Crippen molar-refractivity contribution >= 4 is 23.0 Å². The summed E-state index contributed by atoms with van der Waals surface area (Å²) < 4.78 is 55.3. The molecule has 0 spiro atoms. The van der Waals surface area contributed by atoms with E-state index in [0.717, 1.165) is 23.8 Å². The third kappa shape index (κ3) is 3.92. The van der Waals surface area contributed by atoms with Gasteiger partial charge >= 0.3 is 6.18 Å². The van der Waals surface area contributed by atoms with Gasteiger partial charge in [0.05, 0.1) is 28.0 Å². The topological polar surface area (TPSA) is 48.5 Å². The molecule has 1 aromatic heterocycles. The standard InChI is InChI=1S/C21H18ClF4N3O/c1-10(2)9-29-12(4)11(3)27-20(19-14(23)6-8-16(30)28-19)17-15(29)7-5-13(18(17)22)21(24,25)26/h5-9,11H,4H2,1-3H3,(H,28,30)/t11-/m0/s1. The molecular formula is C21H18ClF4N3O. The summed E-state index contributed by atoms with van der Waals surface area (Å²) >= 11 is 6.23. The first kappa shape index (κ1) is 21.8. The monoisotopic (exact) mass is 439 g/mol. The third-order valence-electron chi connectivity index (χ3n) is 4.53. The van der Waals surface area contributed by atoms with Crippen molar-refractivity contribution in [2.75, 3.05) is 4.90 Å². The fraction of sp³-hybridized carbons (Fsp3) is 0.238. The van der Waals surface area contributed by atoms with E-state index in [1.807, 2.05) is 13.8 Å². The van der Waals surface area contributed by atoms with Crippen LogP contribution in [0.1, 0.15) is 37.6 Å². The number of halogens is 5. The predicted octanol–water partition coefficient (Wildman–Crippen LogP) is 5.67. The Hall–Kier alpha value is -2.87. The number of fused-ring (bicyclic) bond motifs is 1. The van der Waals surface area contributed by atoms with Crippen LogP contribution in [0.15, 0.2) is 58.1 Å². The van der Waals surface area contributed by atoms with Crippen molar-refractivity contribution < 1.29 is 17.6 Å². The maximum atomic E-state index is 14.6. The first-order chi connectivity index (χ1) is 13.9. The normalized spacial score (nSPS) is 16.7. The van der Waals surface area contributed by atoms with Gasteiger partial charge < -0.3 is 9.88 Å². The van der Waals surface area contributed by atoms with Gasteiger partial charge in [-0.15, -0.1) is 0 Å². The quantitative estimate of drug-likeness (QED) is 0.613. The van der Waals surface area contributed by atoms with Crippen LogP contribution in [0.25, 0.3) is 0 Å². The molecule has 3 rings (SSSR count). The first-order valence-corrected chi connectivity index (χ1v) is 9.29. The number of aromatic amines is 1. The number of hydrogen-bond acceptors (Lipinski definition) is 3. The molecule has 1 atom stereocenters. The highest BCUT2D eigenvalue weighted by Crippen LogP contribution is 2.43. The average Bonchev–Trinajstić information content (AvgIpc) is 2.73. The number of benzodiazepines with no additional fused rings is 1. The van der Waals surface area contributed by atoms with Gasteiger partial charge in [-0.25, -0.2) is 4.39 Å². The van der Waals surface area contributed by atoms with E-state index in [4.69, 9.17) is 11.6 Å². The van der Waals surface area contributed by atoms with Crippen molar-refractivity contribution in [3.63, 3.8) is 0 Å². The molecule has 30 heavy (non-hydrogen) atoms. The second-order valence-corrected chi connectivity index (χ2v) is 7.46. The Labute approximate surface area is 175 Å². The van der Waals surface area contributed by atoms with Crippen molar-refractivity contribution in [2.24, 2.45) is 4.99 Å². The largest absolute Gasteiger partial charge is 0.417 e. The number of nitrogens with zero attached hydrogens (tertiary/aromatic N) is 2. The molecule has 1 N–H and O–H groups in total. The lowest BCUT2D eigenvalue weighted by Crippen LogP contribution is -2.22. The zero-order chi connectivity index (χ0) is 22.4. The lowest BCUT2D eigenvalue weighted by Gasteiger charge is -2.26. The molecule has 2 aromatic rings. The molecule has 1 aliphatic rings. The number of rotatable bonds is 2. The molecule has 2 heterocycles. The SMILES string of the molecule is C=C1[C@H](C)N=C(c2[nH]c(=O)ccc2F)c2c(ccc(C(F)(F)F)c2Cl)N1C=C(C)C. The number of pyridine rings is 1. The van der Waals surface area contributed by atoms with Crippen molar-refractivity contribution in [1.82, 2.24) is 4.98 Å². The van der Waals surface area contributed by atoms with Gasteiger partial charge in [0, 0.05) is 23.5 Å². The highest BCUT2D eigenvalue weighted by molar-refractivity contribution is 6.37. The molecule has 9 heteroatoms. The fourth-order valence-electron chi connectivity index (χ4n) is 3.13. The van der Waals surface area contributed by atoms with Crippen LogP contribution < -0.4 is 10.5 Å². The Morgan fingerprint density at radius 3 is 2.53 bits per heavy atom. The van der Waals surface area contributed by atoms with Crippen LogP contribution in [0.5, 0.6) is 0 Å². The lowest BCUT2D eigenvalue weighted by molar-refractivity contribution is -0.137. The number of H-pyrrole nitrogens is 1. The molecule has 0 saturated carbocycles. The zero-order valence-corrected chi connectivity index (χ0v) is 17.1. The van der Waals surface area contributed by atoms with Gasteiger partial charge in [0.25, 0.3) is 0 Å². The molecule has 0 bridgehead atoms. The summed E-state index contributed by atoms with van der Waals surface area (Å²) in [5.41, 5.74) is -0.864. The minimum Gasteiger partial charge on any atom is -0.319 e. The molecule has 0 radical (unpaired) electrons. The van der Waals surface area contributed by atoms with Gasteiger partial charge in [-0.3, -0.25) is 9.79 Å². The molecule has 0 unspecified atom stereocenters. The second kappa shape index (κ2) is 7.75. The van der Waals surface area contributed by atoms with E-state index >= 15 is 0 Å². The Kier molecular flexibility index (Phi) is 5.64. The summed E-state index contributed by atoms with van der Waals surface area (Å²) in [5.74, 6) is -0.846. The maximum Gasteiger partial charge on any atom is 0.417 e. The van der Waals surface area contributed by atoms with E-state index in [9.17, 15) is 22.4 Å². The summed E-state index contributed by atoms with van der Waals surface area (Å²) in [6.07, 6.45) is -3.06. The fourth-order valence-corrected chi connectivity index (χ4v) is 3.49. The number of alkyl halides is 3. The first-order valence-electron chi connectivity index (χ1n) is 8.92. The van der Waals surface area contributed by atoms with Crippen molar-refractivity contribution in [1.29, 1.82) is 0 Å². The van der Waals surface area contributed by atoms with Crippen LogP contribution in [0, 0.1) is 5.82 Å². The molecule has 0 amide bonds. The molecule has 1 aromatic carbocycles. The van der Waals surface area contributed by atoms with Crippen LogP contribution >= 0.6 is 11.6 Å². The molecule has 0 aliphatic carbocycles. The van der Waals surface area contributed by atoms with Crippen LogP contribution in [-0.2, 0) is 6.18 Å². The lowest BCUT2D eigenvalue weighted by atomic mass is 10.00. The summed E-state index contributed by atoms with van der Waals surface area (Å²) in [7, 11) is 0. The molecule has 1 aliphatic heterocycles. The number of allylic oxidation sites excluding steroid dienone is 1. The Morgan fingerprint density at radius 1 is 1.27 bits per heavy atom. The highest BCUT2D eigenvalue weighted by Gasteiger charge is 2.38. The van der Waals surface area contributed by atoms with Crippen LogP contribution in [-0.4, -0.2) is 16.7 Å². The summed E-state index contributed by atoms with van der Waals surface area (Å²) in [6.45, 7) is 9.28. The smallest absolute Gasteiger partial charge is 0.319 e. The number of hydrogen-bond donors (Lipinski definition) is 1. The Morgan fingerprint density at radius 2 is 1.93 bits per heavy atom.